The lowest BCUT2D eigenvalue weighted by atomic mass is 9.97. The second-order valence-electron chi connectivity index (χ2n) is 7.24. The second kappa shape index (κ2) is 9.04. The van der Waals surface area contributed by atoms with Gasteiger partial charge in [0.1, 0.15) is 10.7 Å². The van der Waals surface area contributed by atoms with Crippen molar-refractivity contribution in [3.8, 4) is 0 Å². The van der Waals surface area contributed by atoms with Gasteiger partial charge in [-0.3, -0.25) is 9.59 Å². The fourth-order valence-corrected chi connectivity index (χ4v) is 5.28. The molecule has 0 aliphatic heterocycles. The number of thiophene rings is 1. The number of hydrogen-bond donors (Lipinski definition) is 2. The number of aromatic amines is 1. The molecule has 0 saturated heterocycles. The van der Waals surface area contributed by atoms with Crippen LogP contribution in [-0.2, 0) is 23.4 Å². The van der Waals surface area contributed by atoms with E-state index in [1.54, 1.807) is 23.1 Å². The number of aryl methyl sites for hydroxylation is 2. The monoisotopic (exact) mass is 393 g/mol. The molecule has 7 heteroatoms. The van der Waals surface area contributed by atoms with Crippen molar-refractivity contribution in [3.63, 3.8) is 0 Å². The van der Waals surface area contributed by atoms with E-state index in [-0.39, 0.29) is 11.5 Å². The first-order chi connectivity index (χ1) is 12.5. The molecular weight excluding hydrogens is 366 g/mol. The highest BCUT2D eigenvalue weighted by Crippen LogP contribution is 2.33. The third-order valence-electron chi connectivity index (χ3n) is 4.63. The smallest absolute Gasteiger partial charge is 0.259 e. The normalized spacial score (nSPS) is 14.0. The summed E-state index contributed by atoms with van der Waals surface area (Å²) in [4.78, 5) is 34.1. The summed E-state index contributed by atoms with van der Waals surface area (Å²) in [6.45, 7) is 5.04. The zero-order valence-corrected chi connectivity index (χ0v) is 17.2. The predicted octanol–water partition coefficient (Wildman–Crippen LogP) is 3.65. The van der Waals surface area contributed by atoms with Crippen LogP contribution in [-0.4, -0.2) is 28.2 Å². The van der Waals surface area contributed by atoms with Crippen LogP contribution in [0.4, 0.5) is 0 Å². The minimum atomic E-state index is -0.00331. The van der Waals surface area contributed by atoms with Crippen LogP contribution in [0, 0.1) is 5.92 Å². The van der Waals surface area contributed by atoms with Gasteiger partial charge >= 0.3 is 0 Å². The van der Waals surface area contributed by atoms with Crippen LogP contribution in [0.1, 0.15) is 55.8 Å². The van der Waals surface area contributed by atoms with E-state index in [1.165, 1.54) is 16.9 Å². The average molecular weight is 394 g/mol. The van der Waals surface area contributed by atoms with Crippen LogP contribution in [0.3, 0.4) is 0 Å². The first-order valence-electron chi connectivity index (χ1n) is 9.42. The third kappa shape index (κ3) is 4.88. The Labute approximate surface area is 162 Å². The Kier molecular flexibility index (Phi) is 6.75. The summed E-state index contributed by atoms with van der Waals surface area (Å²) >= 11 is 3.32. The molecule has 142 valence electrons. The minimum absolute atomic E-state index is 0.00331. The van der Waals surface area contributed by atoms with Crippen molar-refractivity contribution in [2.45, 2.75) is 58.1 Å². The van der Waals surface area contributed by atoms with Crippen LogP contribution >= 0.6 is 23.1 Å². The zero-order chi connectivity index (χ0) is 18.5. The lowest BCUT2D eigenvalue weighted by Gasteiger charge is -2.09. The maximum atomic E-state index is 12.5. The molecule has 0 unspecified atom stereocenters. The van der Waals surface area contributed by atoms with Crippen molar-refractivity contribution >= 4 is 39.2 Å². The highest BCUT2D eigenvalue weighted by molar-refractivity contribution is 7.98. The van der Waals surface area contributed by atoms with E-state index in [2.05, 4.69) is 29.1 Å². The SMILES string of the molecule is CC(C)CCNC(=O)CCSCc1nc2sc3c(c2c(=O)[nH]1)CCCC3. The Morgan fingerprint density at radius 1 is 1.35 bits per heavy atom. The molecule has 0 saturated carbocycles. The molecule has 0 radical (unpaired) electrons. The van der Waals surface area contributed by atoms with Gasteiger partial charge in [-0.05, 0) is 43.6 Å². The van der Waals surface area contributed by atoms with Crippen molar-refractivity contribution in [1.29, 1.82) is 0 Å². The highest BCUT2D eigenvalue weighted by atomic mass is 32.2. The number of rotatable bonds is 8. The number of amides is 1. The number of fused-ring (bicyclic) bond motifs is 3. The average Bonchev–Trinajstić information content (AvgIpc) is 2.97. The lowest BCUT2D eigenvalue weighted by Crippen LogP contribution is -2.25. The Balaban J connectivity index is 1.52. The van der Waals surface area contributed by atoms with Crippen molar-refractivity contribution in [2.24, 2.45) is 5.92 Å². The molecule has 1 aliphatic carbocycles. The van der Waals surface area contributed by atoms with E-state index in [4.69, 9.17) is 0 Å². The number of carbonyl (C=O) groups is 1. The fraction of sp³-hybridized carbons (Fsp3) is 0.632. The van der Waals surface area contributed by atoms with Gasteiger partial charge < -0.3 is 10.3 Å². The summed E-state index contributed by atoms with van der Waals surface area (Å²) in [7, 11) is 0. The van der Waals surface area contributed by atoms with Crippen LogP contribution in [0.2, 0.25) is 0 Å². The third-order valence-corrected chi connectivity index (χ3v) is 6.79. The summed E-state index contributed by atoms with van der Waals surface area (Å²) < 4.78 is 0. The van der Waals surface area contributed by atoms with Crippen LogP contribution in [0.25, 0.3) is 10.2 Å². The van der Waals surface area contributed by atoms with E-state index >= 15 is 0 Å². The number of carbonyl (C=O) groups excluding carboxylic acids is 1. The fourth-order valence-electron chi connectivity index (χ4n) is 3.20. The summed E-state index contributed by atoms with van der Waals surface area (Å²) in [5.74, 6) is 2.78. The molecule has 0 fully saturated rings. The van der Waals surface area contributed by atoms with Gasteiger partial charge in [-0.15, -0.1) is 11.3 Å². The molecule has 0 atom stereocenters. The number of aromatic nitrogens is 2. The summed E-state index contributed by atoms with van der Waals surface area (Å²) in [5, 5.41) is 3.76. The maximum absolute atomic E-state index is 12.5. The van der Waals surface area contributed by atoms with E-state index in [0.29, 0.717) is 23.9 Å². The second-order valence-corrected chi connectivity index (χ2v) is 9.43. The molecule has 2 aromatic rings. The first kappa shape index (κ1) is 19.4. The number of nitrogens with zero attached hydrogens (tertiary/aromatic N) is 1. The minimum Gasteiger partial charge on any atom is -0.356 e. The maximum Gasteiger partial charge on any atom is 0.259 e. The van der Waals surface area contributed by atoms with E-state index in [1.807, 2.05) is 0 Å². The Hall–Kier alpha value is -1.34. The quantitative estimate of drug-likeness (QED) is 0.671. The van der Waals surface area contributed by atoms with Crippen molar-refractivity contribution < 1.29 is 4.79 Å². The Morgan fingerprint density at radius 3 is 2.96 bits per heavy atom. The van der Waals surface area contributed by atoms with Gasteiger partial charge in [-0.25, -0.2) is 4.98 Å². The standard InChI is InChI=1S/C19H27N3O2S2/c1-12(2)7-9-20-16(23)8-10-25-11-15-21-18(24)17-13-5-3-4-6-14(13)26-19(17)22-15/h12H,3-11H2,1-2H3,(H,20,23)(H,21,22,24). The molecule has 1 aliphatic rings. The van der Waals surface area contributed by atoms with Crippen LogP contribution in [0.5, 0.6) is 0 Å². The predicted molar refractivity (Wildman–Crippen MR) is 110 cm³/mol. The molecule has 0 spiro atoms. The molecule has 1 amide bonds. The van der Waals surface area contributed by atoms with Gasteiger partial charge in [0.15, 0.2) is 0 Å². The van der Waals surface area contributed by atoms with Crippen molar-refractivity contribution in [1.82, 2.24) is 15.3 Å². The molecular formula is C19H27N3O2S2. The number of thioether (sulfide) groups is 1. The molecule has 0 bridgehead atoms. The molecule has 2 heterocycles. The molecule has 26 heavy (non-hydrogen) atoms. The highest BCUT2D eigenvalue weighted by Gasteiger charge is 2.19. The van der Waals surface area contributed by atoms with Gasteiger partial charge in [0.25, 0.3) is 5.56 Å². The van der Waals surface area contributed by atoms with Crippen molar-refractivity contribution in [3.05, 3.63) is 26.6 Å². The van der Waals surface area contributed by atoms with E-state index in [0.717, 1.165) is 48.2 Å². The van der Waals surface area contributed by atoms with E-state index in [9.17, 15) is 9.59 Å². The lowest BCUT2D eigenvalue weighted by molar-refractivity contribution is -0.120. The van der Waals surface area contributed by atoms with Crippen molar-refractivity contribution in [2.75, 3.05) is 12.3 Å². The van der Waals surface area contributed by atoms with Gasteiger partial charge in [0.05, 0.1) is 11.1 Å². The molecule has 5 nitrogen and oxygen atoms in total. The van der Waals surface area contributed by atoms with Crippen LogP contribution < -0.4 is 10.9 Å². The van der Waals surface area contributed by atoms with Gasteiger partial charge in [0, 0.05) is 23.6 Å². The largest absolute Gasteiger partial charge is 0.356 e. The summed E-state index contributed by atoms with van der Waals surface area (Å²) in [6.07, 6.45) is 5.96. The topological polar surface area (TPSA) is 74.8 Å². The molecule has 2 aromatic heterocycles. The molecule has 2 N–H and O–H groups in total. The van der Waals surface area contributed by atoms with E-state index < -0.39 is 0 Å². The first-order valence-corrected chi connectivity index (χ1v) is 11.4. The number of H-pyrrole nitrogens is 1. The Morgan fingerprint density at radius 2 is 2.15 bits per heavy atom. The van der Waals surface area contributed by atoms with Gasteiger partial charge in [0.2, 0.25) is 5.91 Å². The van der Waals surface area contributed by atoms with Gasteiger partial charge in [-0.2, -0.15) is 11.8 Å². The molecule has 3 rings (SSSR count). The zero-order valence-electron chi connectivity index (χ0n) is 15.5. The van der Waals surface area contributed by atoms with Gasteiger partial charge in [-0.1, -0.05) is 13.8 Å². The Bertz CT molecular complexity index is 826. The van der Waals surface area contributed by atoms with Crippen LogP contribution in [0.15, 0.2) is 4.79 Å². The number of hydrogen-bond acceptors (Lipinski definition) is 5. The molecule has 0 aromatic carbocycles. The summed E-state index contributed by atoms with van der Waals surface area (Å²) in [5.41, 5.74) is 1.22. The number of nitrogens with one attached hydrogen (secondary N) is 2. The summed E-state index contributed by atoms with van der Waals surface area (Å²) in [6, 6.07) is 0.